The Bertz CT molecular complexity index is 1250. The van der Waals surface area contributed by atoms with Gasteiger partial charge in [-0.1, -0.05) is 30.3 Å². The summed E-state index contributed by atoms with van der Waals surface area (Å²) in [5.41, 5.74) is 1.26. The van der Waals surface area contributed by atoms with Crippen molar-refractivity contribution in [2.75, 3.05) is 33.7 Å². The minimum absolute atomic E-state index is 0.0951. The molecule has 3 aromatic rings. The number of aromatic amines is 1. The number of piperazine rings is 1. The Morgan fingerprint density at radius 3 is 2.41 bits per heavy atom. The number of benzene rings is 2. The number of nitrogens with zero attached hydrogens (tertiary/aromatic N) is 3. The number of rotatable bonds is 4. The van der Waals surface area contributed by atoms with Crippen LogP contribution in [0.4, 0.5) is 4.79 Å². The van der Waals surface area contributed by atoms with Gasteiger partial charge in [0.2, 0.25) is 0 Å². The number of aromatic nitrogens is 1. The third-order valence-corrected chi connectivity index (χ3v) is 5.87. The molecule has 0 saturated carbocycles. The molecular weight excluding hydrogens is 436 g/mol. The quantitative estimate of drug-likeness (QED) is 0.474. The van der Waals surface area contributed by atoms with Gasteiger partial charge in [0.15, 0.2) is 5.75 Å². The van der Waals surface area contributed by atoms with E-state index < -0.39 is 17.8 Å². The topological polar surface area (TPSA) is 103 Å². The molecule has 0 spiro atoms. The van der Waals surface area contributed by atoms with Crippen LogP contribution < -0.4 is 4.74 Å². The number of ketones is 1. The zero-order chi connectivity index (χ0) is 24.4. The van der Waals surface area contributed by atoms with Crippen molar-refractivity contribution >= 4 is 34.6 Å². The Hall–Kier alpha value is -4.14. The molecule has 9 nitrogen and oxygen atoms in total. The maximum atomic E-state index is 13.1. The van der Waals surface area contributed by atoms with Gasteiger partial charge in [-0.2, -0.15) is 0 Å². The third-order valence-electron chi connectivity index (χ3n) is 5.87. The van der Waals surface area contributed by atoms with Gasteiger partial charge in [-0.25, -0.2) is 4.79 Å². The van der Waals surface area contributed by atoms with Crippen molar-refractivity contribution < 1.29 is 23.9 Å². The lowest BCUT2D eigenvalue weighted by molar-refractivity contribution is -0.130. The number of Topliss-reactive ketones (excluding diaryl/α,β-unsaturated/α-hetero) is 1. The summed E-state index contributed by atoms with van der Waals surface area (Å²) in [7, 11) is 3.14. The average Bonchev–Trinajstić information content (AvgIpc) is 3.28. The fourth-order valence-electron chi connectivity index (χ4n) is 4.04. The van der Waals surface area contributed by atoms with Crippen molar-refractivity contribution in [3.8, 4) is 5.75 Å². The lowest BCUT2D eigenvalue weighted by Crippen LogP contribution is -2.56. The number of para-hydroxylation sites is 1. The fourth-order valence-corrected chi connectivity index (χ4v) is 4.04. The summed E-state index contributed by atoms with van der Waals surface area (Å²) < 4.78 is 5.36. The fraction of sp³-hybridized carbons (Fsp3) is 0.280. The molecule has 0 bridgehead atoms. The molecule has 0 aliphatic carbocycles. The van der Waals surface area contributed by atoms with E-state index >= 15 is 0 Å². The minimum Gasteiger partial charge on any atom is -0.408 e. The summed E-state index contributed by atoms with van der Waals surface area (Å²) in [6.45, 7) is 2.77. The number of fused-ring (bicyclic) bond motifs is 1. The highest BCUT2D eigenvalue weighted by molar-refractivity contribution is 6.45. The highest BCUT2D eigenvalue weighted by Gasteiger charge is 2.34. The first kappa shape index (κ1) is 23.0. The normalized spacial score (nSPS) is 15.8. The smallest absolute Gasteiger partial charge is 0.408 e. The Labute approximate surface area is 196 Å². The molecule has 1 saturated heterocycles. The van der Waals surface area contributed by atoms with Gasteiger partial charge >= 0.3 is 6.09 Å². The molecule has 34 heavy (non-hydrogen) atoms. The van der Waals surface area contributed by atoms with Crippen LogP contribution in [-0.2, 0) is 4.79 Å². The van der Waals surface area contributed by atoms with E-state index in [0.717, 1.165) is 0 Å². The molecule has 9 heteroatoms. The molecule has 4 rings (SSSR count). The Balaban J connectivity index is 1.49. The second kappa shape index (κ2) is 9.38. The van der Waals surface area contributed by atoms with Crippen molar-refractivity contribution in [1.29, 1.82) is 0 Å². The maximum Gasteiger partial charge on any atom is 0.414 e. The SMILES string of the molecule is C[C@@H]1CN(C(=O)c2ccccc2)CCN1C(=O)C(=O)c1c[nH]c2c(OC(=O)N(C)C)cccc12. The highest BCUT2D eigenvalue weighted by atomic mass is 16.6. The van der Waals surface area contributed by atoms with Gasteiger partial charge in [-0.3, -0.25) is 14.4 Å². The van der Waals surface area contributed by atoms with Gasteiger partial charge in [0.1, 0.15) is 0 Å². The molecule has 1 N–H and O–H groups in total. The highest BCUT2D eigenvalue weighted by Crippen LogP contribution is 2.28. The predicted molar refractivity (Wildman–Crippen MR) is 126 cm³/mol. The van der Waals surface area contributed by atoms with E-state index in [1.807, 2.05) is 25.1 Å². The van der Waals surface area contributed by atoms with E-state index in [4.69, 9.17) is 4.74 Å². The van der Waals surface area contributed by atoms with Gasteiger partial charge < -0.3 is 24.4 Å². The van der Waals surface area contributed by atoms with Gasteiger partial charge in [-0.05, 0) is 25.1 Å². The van der Waals surface area contributed by atoms with E-state index in [-0.39, 0.29) is 29.8 Å². The minimum atomic E-state index is -0.656. The molecule has 0 radical (unpaired) electrons. The van der Waals surface area contributed by atoms with Crippen molar-refractivity contribution in [2.24, 2.45) is 0 Å². The molecule has 1 aliphatic rings. The monoisotopic (exact) mass is 462 g/mol. The molecule has 0 unspecified atom stereocenters. The van der Waals surface area contributed by atoms with Crippen LogP contribution in [0.25, 0.3) is 10.9 Å². The van der Waals surface area contributed by atoms with E-state index in [1.165, 1.54) is 16.0 Å². The first-order valence-electron chi connectivity index (χ1n) is 11.0. The number of carbonyl (C=O) groups excluding carboxylic acids is 4. The molecule has 176 valence electrons. The molecular formula is C25H26N4O5. The lowest BCUT2D eigenvalue weighted by Gasteiger charge is -2.39. The van der Waals surface area contributed by atoms with E-state index in [1.54, 1.807) is 49.3 Å². The zero-order valence-electron chi connectivity index (χ0n) is 19.3. The number of hydrogen-bond acceptors (Lipinski definition) is 5. The van der Waals surface area contributed by atoms with Crippen molar-refractivity contribution in [3.05, 3.63) is 65.9 Å². The Kier molecular flexibility index (Phi) is 6.36. The Morgan fingerprint density at radius 2 is 1.74 bits per heavy atom. The van der Waals surface area contributed by atoms with Crippen LogP contribution in [0.3, 0.4) is 0 Å². The standard InChI is InChI=1S/C25H26N4O5/c1-16-15-28(23(31)17-8-5-4-6-9-17)12-13-29(16)24(32)22(30)19-14-26-21-18(19)10-7-11-20(21)34-25(33)27(2)3/h4-11,14,16,26H,12-13,15H2,1-3H3/t16-/m1/s1. The van der Waals surface area contributed by atoms with Crippen molar-refractivity contribution in [3.63, 3.8) is 0 Å². The number of hydrogen-bond donors (Lipinski definition) is 1. The second-order valence-electron chi connectivity index (χ2n) is 8.44. The maximum absolute atomic E-state index is 13.1. The molecule has 2 aromatic carbocycles. The summed E-state index contributed by atoms with van der Waals surface area (Å²) in [5, 5.41) is 0.493. The van der Waals surface area contributed by atoms with Gasteiger partial charge in [-0.15, -0.1) is 0 Å². The third kappa shape index (κ3) is 4.36. The van der Waals surface area contributed by atoms with Crippen LogP contribution in [-0.4, -0.2) is 83.1 Å². The molecule has 1 atom stereocenters. The van der Waals surface area contributed by atoms with E-state index in [9.17, 15) is 19.2 Å². The van der Waals surface area contributed by atoms with Crippen LogP contribution in [0, 0.1) is 0 Å². The average molecular weight is 463 g/mol. The summed E-state index contributed by atoms with van der Waals surface area (Å²) in [4.78, 5) is 58.4. The van der Waals surface area contributed by atoms with Crippen LogP contribution in [0.2, 0.25) is 0 Å². The number of ether oxygens (including phenoxy) is 1. The molecule has 1 aliphatic heterocycles. The first-order chi connectivity index (χ1) is 16.3. The largest absolute Gasteiger partial charge is 0.414 e. The van der Waals surface area contributed by atoms with Gasteiger partial charge in [0, 0.05) is 56.9 Å². The summed E-state index contributed by atoms with van der Waals surface area (Å²) in [6, 6.07) is 13.6. The van der Waals surface area contributed by atoms with E-state index in [2.05, 4.69) is 4.98 Å². The number of nitrogens with one attached hydrogen (secondary N) is 1. The van der Waals surface area contributed by atoms with Crippen LogP contribution in [0.1, 0.15) is 27.6 Å². The zero-order valence-corrected chi connectivity index (χ0v) is 19.3. The van der Waals surface area contributed by atoms with Gasteiger partial charge in [0.25, 0.3) is 17.6 Å². The number of amides is 3. The predicted octanol–water partition coefficient (Wildman–Crippen LogP) is 2.78. The van der Waals surface area contributed by atoms with Crippen LogP contribution >= 0.6 is 0 Å². The lowest BCUT2D eigenvalue weighted by atomic mass is 10.1. The first-order valence-corrected chi connectivity index (χ1v) is 11.0. The van der Waals surface area contributed by atoms with E-state index in [0.29, 0.717) is 29.6 Å². The number of H-pyrrole nitrogens is 1. The van der Waals surface area contributed by atoms with Crippen molar-refractivity contribution in [1.82, 2.24) is 19.7 Å². The van der Waals surface area contributed by atoms with Crippen molar-refractivity contribution in [2.45, 2.75) is 13.0 Å². The Morgan fingerprint density at radius 1 is 1.00 bits per heavy atom. The summed E-state index contributed by atoms with van der Waals surface area (Å²) >= 11 is 0. The van der Waals surface area contributed by atoms with Gasteiger partial charge in [0.05, 0.1) is 11.1 Å². The molecule has 1 aromatic heterocycles. The molecule has 2 heterocycles. The second-order valence-corrected chi connectivity index (χ2v) is 8.44. The molecule has 1 fully saturated rings. The number of carbonyl (C=O) groups is 4. The summed E-state index contributed by atoms with van der Waals surface area (Å²) in [6.07, 6.45) is 0.903. The van der Waals surface area contributed by atoms with Crippen LogP contribution in [0.15, 0.2) is 54.7 Å². The van der Waals surface area contributed by atoms with Crippen LogP contribution in [0.5, 0.6) is 5.75 Å². The summed E-state index contributed by atoms with van der Waals surface area (Å²) in [5.74, 6) is -1.11. The molecule has 3 amide bonds.